The van der Waals surface area contributed by atoms with Crippen LogP contribution in [-0.2, 0) is 11.2 Å². The Bertz CT molecular complexity index is 442. The number of carbonyl (C=O) groups is 1. The van der Waals surface area contributed by atoms with Gasteiger partial charge in [-0.05, 0) is 25.3 Å². The van der Waals surface area contributed by atoms with Crippen LogP contribution in [0.3, 0.4) is 0 Å². The molecule has 2 rings (SSSR count). The van der Waals surface area contributed by atoms with Crippen molar-refractivity contribution in [3.05, 3.63) is 35.9 Å². The zero-order valence-corrected chi connectivity index (χ0v) is 10.7. The molecule has 1 aliphatic heterocycles. The highest BCUT2D eigenvalue weighted by molar-refractivity contribution is 6.07. The van der Waals surface area contributed by atoms with Gasteiger partial charge in [0.1, 0.15) is 0 Å². The van der Waals surface area contributed by atoms with Gasteiger partial charge in [-0.15, -0.1) is 0 Å². The lowest BCUT2D eigenvalue weighted by molar-refractivity contribution is -0.131. The Morgan fingerprint density at radius 3 is 2.67 bits per heavy atom. The molecule has 0 fully saturated rings. The average molecular weight is 245 g/mol. The molecule has 1 aliphatic rings. The first-order valence-corrected chi connectivity index (χ1v) is 6.33. The lowest BCUT2D eigenvalue weighted by atomic mass is 10.1. The summed E-state index contributed by atoms with van der Waals surface area (Å²) in [6.45, 7) is 2.89. The summed E-state index contributed by atoms with van der Waals surface area (Å²) < 4.78 is 0. The summed E-state index contributed by atoms with van der Waals surface area (Å²) in [5.74, 6) is -0.162. The second-order valence-electron chi connectivity index (χ2n) is 4.58. The van der Waals surface area contributed by atoms with Crippen molar-refractivity contribution >= 4 is 11.6 Å². The molecule has 1 heterocycles. The number of nitrogens with zero attached hydrogens (tertiary/aromatic N) is 2. The highest BCUT2D eigenvalue weighted by Crippen LogP contribution is 2.15. The highest BCUT2D eigenvalue weighted by Gasteiger charge is 2.31. The van der Waals surface area contributed by atoms with Crippen molar-refractivity contribution in [2.24, 2.45) is 16.8 Å². The van der Waals surface area contributed by atoms with Gasteiger partial charge in [0, 0.05) is 18.8 Å². The maximum Gasteiger partial charge on any atom is 0.252 e. The van der Waals surface area contributed by atoms with Crippen molar-refractivity contribution in [1.29, 1.82) is 0 Å². The van der Waals surface area contributed by atoms with Crippen LogP contribution < -0.4 is 5.73 Å². The van der Waals surface area contributed by atoms with Gasteiger partial charge < -0.3 is 5.73 Å². The minimum absolute atomic E-state index is 0.0445. The zero-order valence-electron chi connectivity index (χ0n) is 10.7. The van der Waals surface area contributed by atoms with E-state index < -0.39 is 0 Å². The fourth-order valence-corrected chi connectivity index (χ4v) is 2.18. The van der Waals surface area contributed by atoms with E-state index in [9.17, 15) is 4.79 Å². The smallest absolute Gasteiger partial charge is 0.252 e. The number of carbonyl (C=O) groups excluding carboxylic acids is 1. The summed E-state index contributed by atoms with van der Waals surface area (Å²) >= 11 is 0. The van der Waals surface area contributed by atoms with Crippen molar-refractivity contribution < 1.29 is 4.79 Å². The number of nitrogens with two attached hydrogens (primary N) is 1. The summed E-state index contributed by atoms with van der Waals surface area (Å²) in [6.07, 6.45) is 1.89. The number of benzene rings is 1. The van der Waals surface area contributed by atoms with Crippen LogP contribution in [0.4, 0.5) is 0 Å². The van der Waals surface area contributed by atoms with E-state index in [4.69, 9.17) is 5.73 Å². The third-order valence-electron chi connectivity index (χ3n) is 3.25. The average Bonchev–Trinajstić information content (AvgIpc) is 2.65. The predicted octanol–water partition coefficient (Wildman–Crippen LogP) is 1.41. The van der Waals surface area contributed by atoms with Gasteiger partial charge in [0.05, 0.1) is 5.92 Å². The molecule has 0 spiro atoms. The van der Waals surface area contributed by atoms with E-state index in [-0.39, 0.29) is 11.8 Å². The van der Waals surface area contributed by atoms with Crippen LogP contribution in [0.2, 0.25) is 0 Å². The molecule has 2 N–H and O–H groups in total. The minimum atomic E-state index is -0.207. The molecule has 1 unspecified atom stereocenters. The van der Waals surface area contributed by atoms with Crippen LogP contribution in [0.25, 0.3) is 0 Å². The van der Waals surface area contributed by atoms with Gasteiger partial charge in [-0.25, -0.2) is 5.01 Å². The lowest BCUT2D eigenvalue weighted by Crippen LogP contribution is -2.32. The van der Waals surface area contributed by atoms with Crippen molar-refractivity contribution in [2.75, 3.05) is 13.1 Å². The SMILES string of the molecule is CC1=NN(CCCc2ccccc2)C(=O)C1CN. The quantitative estimate of drug-likeness (QED) is 0.852. The Balaban J connectivity index is 1.83. The van der Waals surface area contributed by atoms with Gasteiger partial charge in [0.15, 0.2) is 0 Å². The van der Waals surface area contributed by atoms with Gasteiger partial charge in [0.25, 0.3) is 5.91 Å². The summed E-state index contributed by atoms with van der Waals surface area (Å²) in [4.78, 5) is 11.9. The first kappa shape index (κ1) is 12.8. The Morgan fingerprint density at radius 1 is 1.33 bits per heavy atom. The second kappa shape index (κ2) is 5.78. The first-order chi connectivity index (χ1) is 8.72. The molecule has 0 radical (unpaired) electrons. The van der Waals surface area contributed by atoms with Gasteiger partial charge in [-0.1, -0.05) is 30.3 Å². The fraction of sp³-hybridized carbons (Fsp3) is 0.429. The second-order valence-corrected chi connectivity index (χ2v) is 4.58. The van der Waals surface area contributed by atoms with Gasteiger partial charge in [-0.3, -0.25) is 4.79 Å². The van der Waals surface area contributed by atoms with Crippen molar-refractivity contribution in [1.82, 2.24) is 5.01 Å². The summed E-state index contributed by atoms with van der Waals surface area (Å²) in [5.41, 5.74) is 7.70. The van der Waals surface area contributed by atoms with E-state index in [1.165, 1.54) is 5.56 Å². The number of aryl methyl sites for hydroxylation is 1. The van der Waals surface area contributed by atoms with E-state index >= 15 is 0 Å². The van der Waals surface area contributed by atoms with Crippen molar-refractivity contribution in [3.63, 3.8) is 0 Å². The molecular formula is C14H19N3O. The van der Waals surface area contributed by atoms with Crippen LogP contribution in [0.5, 0.6) is 0 Å². The Hall–Kier alpha value is -1.68. The summed E-state index contributed by atoms with van der Waals surface area (Å²) in [6, 6.07) is 10.3. The maximum atomic E-state index is 11.9. The number of hydrazone groups is 1. The highest BCUT2D eigenvalue weighted by atomic mass is 16.2. The van der Waals surface area contributed by atoms with E-state index in [1.807, 2.05) is 25.1 Å². The van der Waals surface area contributed by atoms with Crippen LogP contribution in [-0.4, -0.2) is 29.7 Å². The third kappa shape index (κ3) is 2.76. The third-order valence-corrected chi connectivity index (χ3v) is 3.25. The number of amides is 1. The molecular weight excluding hydrogens is 226 g/mol. The molecule has 0 saturated carbocycles. The normalized spacial score (nSPS) is 19.2. The van der Waals surface area contributed by atoms with E-state index in [1.54, 1.807) is 5.01 Å². The zero-order chi connectivity index (χ0) is 13.0. The van der Waals surface area contributed by atoms with Crippen molar-refractivity contribution in [3.8, 4) is 0 Å². The standard InChI is InChI=1S/C14H19N3O/c1-11-13(10-15)14(18)17(16-11)9-5-8-12-6-3-2-4-7-12/h2-4,6-7,13H,5,8-10,15H2,1H3. The molecule has 1 aromatic carbocycles. The molecule has 1 atom stereocenters. The van der Waals surface area contributed by atoms with E-state index in [0.29, 0.717) is 13.1 Å². The fourth-order valence-electron chi connectivity index (χ4n) is 2.18. The molecule has 1 aromatic rings. The predicted molar refractivity (Wildman–Crippen MR) is 72.1 cm³/mol. The molecule has 0 aliphatic carbocycles. The Labute approximate surface area is 107 Å². The molecule has 0 bridgehead atoms. The first-order valence-electron chi connectivity index (χ1n) is 6.33. The molecule has 4 heteroatoms. The number of rotatable bonds is 5. The molecule has 96 valence electrons. The largest absolute Gasteiger partial charge is 0.329 e. The Morgan fingerprint density at radius 2 is 2.06 bits per heavy atom. The molecule has 18 heavy (non-hydrogen) atoms. The molecule has 0 saturated heterocycles. The van der Waals surface area contributed by atoms with Gasteiger partial charge in [0.2, 0.25) is 0 Å². The minimum Gasteiger partial charge on any atom is -0.329 e. The Kier molecular flexibility index (Phi) is 4.10. The monoisotopic (exact) mass is 245 g/mol. The van der Waals surface area contributed by atoms with Crippen LogP contribution in [0, 0.1) is 5.92 Å². The van der Waals surface area contributed by atoms with E-state index in [0.717, 1.165) is 18.6 Å². The lowest BCUT2D eigenvalue weighted by Gasteiger charge is -2.13. The maximum absolute atomic E-state index is 11.9. The van der Waals surface area contributed by atoms with Gasteiger partial charge in [-0.2, -0.15) is 5.10 Å². The van der Waals surface area contributed by atoms with E-state index in [2.05, 4.69) is 17.2 Å². The van der Waals surface area contributed by atoms with Gasteiger partial charge >= 0.3 is 0 Å². The van der Waals surface area contributed by atoms with Crippen molar-refractivity contribution in [2.45, 2.75) is 19.8 Å². The number of hydrogen-bond donors (Lipinski definition) is 1. The van der Waals surface area contributed by atoms with Crippen LogP contribution in [0.15, 0.2) is 35.4 Å². The molecule has 1 amide bonds. The summed E-state index contributed by atoms with van der Waals surface area (Å²) in [7, 11) is 0. The number of hydrogen-bond acceptors (Lipinski definition) is 3. The molecule has 4 nitrogen and oxygen atoms in total. The summed E-state index contributed by atoms with van der Waals surface area (Å²) in [5, 5.41) is 5.84. The molecule has 0 aromatic heterocycles. The van der Waals surface area contributed by atoms with Crippen LogP contribution >= 0.6 is 0 Å². The topological polar surface area (TPSA) is 58.7 Å². The van der Waals surface area contributed by atoms with Crippen LogP contribution in [0.1, 0.15) is 18.9 Å².